The Kier molecular flexibility index (Phi) is 13.1. The Hall–Kier alpha value is -0.110. The van der Waals surface area contributed by atoms with E-state index >= 15 is 0 Å². The second-order valence-electron chi connectivity index (χ2n) is 5.20. The Labute approximate surface area is 162 Å². The minimum absolute atomic E-state index is 0. The van der Waals surface area contributed by atoms with E-state index in [1.54, 1.807) is 0 Å². The van der Waals surface area contributed by atoms with Crippen LogP contribution in [0.2, 0.25) is 0 Å². The third kappa shape index (κ3) is 12.0. The first-order valence-corrected chi connectivity index (χ1v) is 9.17. The van der Waals surface area contributed by atoms with E-state index in [0.717, 1.165) is 24.2 Å². The molecule has 0 aliphatic carbocycles. The summed E-state index contributed by atoms with van der Waals surface area (Å²) in [7, 11) is -4.64. The van der Waals surface area contributed by atoms with E-state index in [0.29, 0.717) is 0 Å². The number of ether oxygens (including phenoxy) is 1. The van der Waals surface area contributed by atoms with Crippen molar-refractivity contribution in [1.82, 2.24) is 0 Å². The van der Waals surface area contributed by atoms with Crippen molar-refractivity contribution in [3.8, 4) is 5.75 Å². The molecule has 0 saturated carbocycles. The second-order valence-corrected chi connectivity index (χ2v) is 6.26. The van der Waals surface area contributed by atoms with E-state index in [4.69, 9.17) is 4.74 Å². The van der Waals surface area contributed by atoms with Crippen molar-refractivity contribution in [1.29, 1.82) is 0 Å². The summed E-state index contributed by atoms with van der Waals surface area (Å²) < 4.78 is 40.6. The van der Waals surface area contributed by atoms with Gasteiger partial charge in [-0.1, -0.05) is 57.2 Å². The van der Waals surface area contributed by atoms with Gasteiger partial charge in [0.2, 0.25) is 10.4 Å². The molecule has 0 N–H and O–H groups in total. The monoisotopic (exact) mass is 352 g/mol. The summed E-state index contributed by atoms with van der Waals surface area (Å²) in [5.74, 6) is 0.725. The topological polar surface area (TPSA) is 75.7 Å². The SMILES string of the molecule is CCCCCCCCc1ccccc1OCCOS(=O)(=O)[O-].[Na+]. The van der Waals surface area contributed by atoms with Crippen LogP contribution in [-0.2, 0) is 21.0 Å². The van der Waals surface area contributed by atoms with Crippen LogP contribution in [0.15, 0.2) is 24.3 Å². The predicted molar refractivity (Wildman–Crippen MR) is 84.7 cm³/mol. The molecule has 0 spiro atoms. The van der Waals surface area contributed by atoms with Gasteiger partial charge in [-0.3, -0.25) is 4.18 Å². The number of rotatable bonds is 12. The van der Waals surface area contributed by atoms with Crippen LogP contribution in [0.3, 0.4) is 0 Å². The molecule has 0 atom stereocenters. The van der Waals surface area contributed by atoms with E-state index in [1.165, 1.54) is 32.1 Å². The summed E-state index contributed by atoms with van der Waals surface area (Å²) in [6.07, 6.45) is 8.33. The fraction of sp³-hybridized carbons (Fsp3) is 0.625. The number of unbranched alkanes of at least 4 members (excludes halogenated alkanes) is 5. The molecule has 0 aromatic heterocycles. The first-order valence-electron chi connectivity index (χ1n) is 7.84. The molecule has 0 aliphatic rings. The summed E-state index contributed by atoms with van der Waals surface area (Å²) >= 11 is 0. The second kappa shape index (κ2) is 13.2. The fourth-order valence-corrected chi connectivity index (χ4v) is 2.51. The van der Waals surface area contributed by atoms with Gasteiger partial charge in [0.1, 0.15) is 12.4 Å². The molecule has 1 rings (SSSR count). The minimum Gasteiger partial charge on any atom is -0.726 e. The van der Waals surface area contributed by atoms with Crippen molar-refractivity contribution in [2.24, 2.45) is 0 Å². The molecule has 0 aliphatic heterocycles. The van der Waals surface area contributed by atoms with Crippen LogP contribution in [-0.4, -0.2) is 26.2 Å². The summed E-state index contributed by atoms with van der Waals surface area (Å²) in [4.78, 5) is 0. The summed E-state index contributed by atoms with van der Waals surface area (Å²) in [5.41, 5.74) is 1.10. The molecular formula is C16H25NaO5S. The number of aryl methyl sites for hydroxylation is 1. The summed E-state index contributed by atoms with van der Waals surface area (Å²) in [6.45, 7) is 1.97. The van der Waals surface area contributed by atoms with Gasteiger partial charge in [0.25, 0.3) is 0 Å². The molecule has 0 fully saturated rings. The van der Waals surface area contributed by atoms with E-state index in [2.05, 4.69) is 11.1 Å². The van der Waals surface area contributed by atoms with Crippen molar-refractivity contribution in [3.05, 3.63) is 29.8 Å². The maximum atomic E-state index is 10.3. The minimum atomic E-state index is -4.64. The summed E-state index contributed by atoms with van der Waals surface area (Å²) in [5, 5.41) is 0. The maximum absolute atomic E-state index is 10.3. The van der Waals surface area contributed by atoms with Crippen LogP contribution in [0.5, 0.6) is 5.75 Å². The first kappa shape index (κ1) is 22.9. The molecule has 0 bridgehead atoms. The van der Waals surface area contributed by atoms with Gasteiger partial charge in [-0.05, 0) is 24.5 Å². The van der Waals surface area contributed by atoms with Gasteiger partial charge in [-0.2, -0.15) is 0 Å². The molecule has 0 saturated heterocycles. The number of para-hydroxylation sites is 1. The van der Waals surface area contributed by atoms with Gasteiger partial charge >= 0.3 is 29.6 Å². The zero-order valence-corrected chi connectivity index (χ0v) is 16.9. The average molecular weight is 352 g/mol. The van der Waals surface area contributed by atoms with Crippen molar-refractivity contribution < 1.29 is 51.4 Å². The van der Waals surface area contributed by atoms with Gasteiger partial charge in [0, 0.05) is 0 Å². The Morgan fingerprint density at radius 3 is 2.35 bits per heavy atom. The molecule has 126 valence electrons. The third-order valence-electron chi connectivity index (χ3n) is 3.34. The summed E-state index contributed by atoms with van der Waals surface area (Å²) in [6, 6.07) is 7.67. The van der Waals surface area contributed by atoms with E-state index < -0.39 is 10.4 Å². The quantitative estimate of drug-likeness (QED) is 0.236. The molecular weight excluding hydrogens is 327 g/mol. The molecule has 0 amide bonds. The molecule has 0 unspecified atom stereocenters. The van der Waals surface area contributed by atoms with Crippen LogP contribution < -0.4 is 34.3 Å². The molecule has 0 radical (unpaired) electrons. The third-order valence-corrected chi connectivity index (χ3v) is 3.80. The van der Waals surface area contributed by atoms with Gasteiger partial charge < -0.3 is 9.29 Å². The van der Waals surface area contributed by atoms with Crippen LogP contribution in [0.1, 0.15) is 51.0 Å². The molecule has 0 heterocycles. The normalized spacial score (nSPS) is 11.0. The zero-order valence-electron chi connectivity index (χ0n) is 14.1. The average Bonchev–Trinajstić information content (AvgIpc) is 2.47. The Bertz CT molecular complexity index is 519. The Balaban J connectivity index is 0.00000484. The van der Waals surface area contributed by atoms with Crippen molar-refractivity contribution in [2.75, 3.05) is 13.2 Å². The Morgan fingerprint density at radius 2 is 1.65 bits per heavy atom. The largest absolute Gasteiger partial charge is 1.00 e. The van der Waals surface area contributed by atoms with Crippen LogP contribution >= 0.6 is 0 Å². The predicted octanol–water partition coefficient (Wildman–Crippen LogP) is 0.449. The van der Waals surface area contributed by atoms with Crippen LogP contribution in [0.4, 0.5) is 0 Å². The van der Waals surface area contributed by atoms with E-state index in [-0.39, 0.29) is 42.8 Å². The molecule has 1 aromatic rings. The smallest absolute Gasteiger partial charge is 0.726 e. The van der Waals surface area contributed by atoms with E-state index in [1.807, 2.05) is 24.3 Å². The molecule has 23 heavy (non-hydrogen) atoms. The number of hydrogen-bond donors (Lipinski definition) is 0. The molecule has 7 heteroatoms. The number of benzene rings is 1. The van der Waals surface area contributed by atoms with E-state index in [9.17, 15) is 13.0 Å². The first-order chi connectivity index (χ1) is 10.5. The van der Waals surface area contributed by atoms with Gasteiger partial charge in [0.15, 0.2) is 0 Å². The fourth-order valence-electron chi connectivity index (χ4n) is 2.23. The standard InChI is InChI=1S/C16H26O5S.Na/c1-2-3-4-5-6-7-10-15-11-8-9-12-16(15)20-13-14-21-22(17,18)19;/h8-9,11-12H,2-7,10,13-14H2,1H3,(H,17,18,19);/q;+1/p-1. The van der Waals surface area contributed by atoms with Crippen molar-refractivity contribution in [3.63, 3.8) is 0 Å². The number of hydrogen-bond acceptors (Lipinski definition) is 5. The maximum Gasteiger partial charge on any atom is 1.00 e. The van der Waals surface area contributed by atoms with Crippen molar-refractivity contribution >= 4 is 10.4 Å². The van der Waals surface area contributed by atoms with Gasteiger partial charge in [0.05, 0.1) is 6.61 Å². The van der Waals surface area contributed by atoms with Gasteiger partial charge in [-0.15, -0.1) is 0 Å². The van der Waals surface area contributed by atoms with Crippen LogP contribution in [0.25, 0.3) is 0 Å². The molecule has 1 aromatic carbocycles. The zero-order chi connectivity index (χ0) is 16.3. The van der Waals surface area contributed by atoms with Gasteiger partial charge in [-0.25, -0.2) is 8.42 Å². The Morgan fingerprint density at radius 1 is 1.00 bits per heavy atom. The molecule has 5 nitrogen and oxygen atoms in total. The van der Waals surface area contributed by atoms with Crippen molar-refractivity contribution in [2.45, 2.75) is 51.9 Å². The van der Waals surface area contributed by atoms with Crippen LogP contribution in [0, 0.1) is 0 Å².